The molecular formula is C13H17N3O2. The second-order valence-electron chi connectivity index (χ2n) is 4.02. The highest BCUT2D eigenvalue weighted by Gasteiger charge is 2.16. The first kappa shape index (κ1) is 12.6. The lowest BCUT2D eigenvalue weighted by Gasteiger charge is -2.13. The first-order chi connectivity index (χ1) is 8.76. The Morgan fingerprint density at radius 3 is 2.83 bits per heavy atom. The van der Waals surface area contributed by atoms with Crippen LogP contribution in [0.1, 0.15) is 30.8 Å². The minimum atomic E-state index is -0.759. The predicted molar refractivity (Wildman–Crippen MR) is 67.4 cm³/mol. The Bertz CT molecular complexity index is 493. The monoisotopic (exact) mass is 247 g/mol. The molecule has 0 aromatic carbocycles. The maximum absolute atomic E-state index is 10.3. The molecule has 0 saturated carbocycles. The average molecular weight is 247 g/mol. The molecule has 18 heavy (non-hydrogen) atoms. The molecule has 1 atom stereocenters. The Hall–Kier alpha value is -1.88. The third kappa shape index (κ3) is 2.51. The number of aromatic nitrogens is 3. The number of aliphatic hydroxyl groups is 1. The maximum atomic E-state index is 10.3. The van der Waals surface area contributed by atoms with Crippen LogP contribution < -0.4 is 4.74 Å². The molecule has 5 nitrogen and oxygen atoms in total. The largest absolute Gasteiger partial charge is 0.481 e. The van der Waals surface area contributed by atoms with Crippen LogP contribution in [0.5, 0.6) is 5.88 Å². The summed E-state index contributed by atoms with van der Waals surface area (Å²) in [6, 6.07) is 3.52. The molecule has 1 N–H and O–H groups in total. The zero-order chi connectivity index (χ0) is 13.0. The molecule has 0 aliphatic carbocycles. The SMILES string of the molecule is CCCn1ccnc1C(O)c1ccc(OC)nc1. The van der Waals surface area contributed by atoms with Gasteiger partial charge >= 0.3 is 0 Å². The van der Waals surface area contributed by atoms with Crippen LogP contribution in [0, 0.1) is 0 Å². The van der Waals surface area contributed by atoms with E-state index in [1.165, 1.54) is 0 Å². The molecule has 2 aromatic rings. The minimum absolute atomic E-state index is 0.530. The number of imidazole rings is 1. The van der Waals surface area contributed by atoms with Crippen LogP contribution in [0.2, 0.25) is 0 Å². The summed E-state index contributed by atoms with van der Waals surface area (Å²) >= 11 is 0. The van der Waals surface area contributed by atoms with E-state index >= 15 is 0 Å². The smallest absolute Gasteiger partial charge is 0.212 e. The van der Waals surface area contributed by atoms with E-state index < -0.39 is 6.10 Å². The lowest BCUT2D eigenvalue weighted by atomic mass is 10.1. The van der Waals surface area contributed by atoms with E-state index in [4.69, 9.17) is 4.74 Å². The molecule has 2 heterocycles. The number of pyridine rings is 1. The van der Waals surface area contributed by atoms with Crippen LogP contribution >= 0.6 is 0 Å². The summed E-state index contributed by atoms with van der Waals surface area (Å²) in [7, 11) is 1.56. The van der Waals surface area contributed by atoms with Crippen LogP contribution in [0.4, 0.5) is 0 Å². The molecule has 0 saturated heterocycles. The number of rotatable bonds is 5. The average Bonchev–Trinajstić information content (AvgIpc) is 2.87. The first-order valence-electron chi connectivity index (χ1n) is 5.95. The van der Waals surface area contributed by atoms with E-state index in [1.807, 2.05) is 10.8 Å². The second-order valence-corrected chi connectivity index (χ2v) is 4.02. The third-order valence-corrected chi connectivity index (χ3v) is 2.74. The Morgan fingerprint density at radius 1 is 1.39 bits per heavy atom. The zero-order valence-electron chi connectivity index (χ0n) is 10.6. The van der Waals surface area contributed by atoms with Crippen LogP contribution in [0.15, 0.2) is 30.7 Å². The number of ether oxygens (including phenoxy) is 1. The third-order valence-electron chi connectivity index (χ3n) is 2.74. The van der Waals surface area contributed by atoms with E-state index in [2.05, 4.69) is 16.9 Å². The molecule has 0 aliphatic heterocycles. The molecule has 2 rings (SSSR count). The standard InChI is InChI=1S/C13H17N3O2/c1-3-7-16-8-6-14-13(16)12(17)10-4-5-11(18-2)15-9-10/h4-6,8-9,12,17H,3,7H2,1-2H3. The fourth-order valence-electron chi connectivity index (χ4n) is 1.82. The summed E-state index contributed by atoms with van der Waals surface area (Å²) in [5, 5.41) is 10.3. The van der Waals surface area contributed by atoms with Gasteiger partial charge in [0.25, 0.3) is 0 Å². The van der Waals surface area contributed by atoms with Gasteiger partial charge in [-0.3, -0.25) is 0 Å². The lowest BCUT2D eigenvalue weighted by Crippen LogP contribution is -2.10. The van der Waals surface area contributed by atoms with Crippen molar-refractivity contribution < 1.29 is 9.84 Å². The van der Waals surface area contributed by atoms with Crippen molar-refractivity contribution in [3.8, 4) is 5.88 Å². The number of aliphatic hydroxyl groups excluding tert-OH is 1. The van der Waals surface area contributed by atoms with Gasteiger partial charge in [0.15, 0.2) is 0 Å². The number of hydrogen-bond donors (Lipinski definition) is 1. The molecule has 0 spiro atoms. The van der Waals surface area contributed by atoms with E-state index in [1.54, 1.807) is 31.6 Å². The van der Waals surface area contributed by atoms with Gasteiger partial charge < -0.3 is 14.4 Å². The van der Waals surface area contributed by atoms with Gasteiger partial charge in [-0.15, -0.1) is 0 Å². The van der Waals surface area contributed by atoms with Crippen molar-refractivity contribution >= 4 is 0 Å². The van der Waals surface area contributed by atoms with Gasteiger partial charge in [0.2, 0.25) is 5.88 Å². The molecule has 2 aromatic heterocycles. The van der Waals surface area contributed by atoms with Gasteiger partial charge in [-0.25, -0.2) is 9.97 Å². The molecule has 0 amide bonds. The summed E-state index contributed by atoms with van der Waals surface area (Å²) in [6.07, 6.45) is 5.42. The molecular weight excluding hydrogens is 230 g/mol. The maximum Gasteiger partial charge on any atom is 0.212 e. The topological polar surface area (TPSA) is 60.2 Å². The summed E-state index contributed by atoms with van der Waals surface area (Å²) in [4.78, 5) is 8.29. The molecule has 5 heteroatoms. The van der Waals surface area contributed by atoms with Gasteiger partial charge in [-0.1, -0.05) is 6.92 Å². The van der Waals surface area contributed by atoms with Crippen molar-refractivity contribution in [1.82, 2.24) is 14.5 Å². The highest BCUT2D eigenvalue weighted by atomic mass is 16.5. The molecule has 1 unspecified atom stereocenters. The van der Waals surface area contributed by atoms with Crippen molar-refractivity contribution in [1.29, 1.82) is 0 Å². The van der Waals surface area contributed by atoms with E-state index in [0.29, 0.717) is 17.3 Å². The normalized spacial score (nSPS) is 12.4. The van der Waals surface area contributed by atoms with Crippen molar-refractivity contribution in [3.63, 3.8) is 0 Å². The summed E-state index contributed by atoms with van der Waals surface area (Å²) in [6.45, 7) is 2.93. The van der Waals surface area contributed by atoms with Crippen LogP contribution in [0.25, 0.3) is 0 Å². The number of methoxy groups -OCH3 is 1. The van der Waals surface area contributed by atoms with Crippen LogP contribution in [-0.4, -0.2) is 26.8 Å². The lowest BCUT2D eigenvalue weighted by molar-refractivity contribution is 0.203. The highest BCUT2D eigenvalue weighted by Crippen LogP contribution is 2.21. The number of nitrogens with zero attached hydrogens (tertiary/aromatic N) is 3. The van der Waals surface area contributed by atoms with Gasteiger partial charge in [-0.05, 0) is 12.5 Å². The van der Waals surface area contributed by atoms with Crippen LogP contribution in [0.3, 0.4) is 0 Å². The highest BCUT2D eigenvalue weighted by molar-refractivity contribution is 5.24. The quantitative estimate of drug-likeness (QED) is 0.875. The molecule has 0 radical (unpaired) electrons. The first-order valence-corrected chi connectivity index (χ1v) is 5.95. The number of hydrogen-bond acceptors (Lipinski definition) is 4. The molecule has 0 fully saturated rings. The predicted octanol–water partition coefficient (Wildman–Crippen LogP) is 1.78. The van der Waals surface area contributed by atoms with Gasteiger partial charge in [0.05, 0.1) is 7.11 Å². The van der Waals surface area contributed by atoms with E-state index in [0.717, 1.165) is 13.0 Å². The second kappa shape index (κ2) is 5.64. The van der Waals surface area contributed by atoms with Gasteiger partial charge in [0, 0.05) is 36.8 Å². The minimum Gasteiger partial charge on any atom is -0.481 e. The summed E-state index contributed by atoms with van der Waals surface area (Å²) in [5.74, 6) is 1.17. The summed E-state index contributed by atoms with van der Waals surface area (Å²) < 4.78 is 6.94. The molecule has 96 valence electrons. The zero-order valence-corrected chi connectivity index (χ0v) is 10.6. The molecule has 0 aliphatic rings. The molecule has 0 bridgehead atoms. The van der Waals surface area contributed by atoms with Gasteiger partial charge in [-0.2, -0.15) is 0 Å². The van der Waals surface area contributed by atoms with E-state index in [-0.39, 0.29) is 0 Å². The van der Waals surface area contributed by atoms with Crippen molar-refractivity contribution in [3.05, 3.63) is 42.1 Å². The fraction of sp³-hybridized carbons (Fsp3) is 0.385. The van der Waals surface area contributed by atoms with Crippen molar-refractivity contribution in [2.45, 2.75) is 26.0 Å². The Kier molecular flexibility index (Phi) is 3.94. The Morgan fingerprint density at radius 2 is 2.22 bits per heavy atom. The summed E-state index contributed by atoms with van der Waals surface area (Å²) in [5.41, 5.74) is 0.708. The Balaban J connectivity index is 2.23. The Labute approximate surface area is 106 Å². The van der Waals surface area contributed by atoms with Gasteiger partial charge in [0.1, 0.15) is 11.9 Å². The number of aryl methyl sites for hydroxylation is 1. The van der Waals surface area contributed by atoms with Crippen LogP contribution in [-0.2, 0) is 6.54 Å². The van der Waals surface area contributed by atoms with E-state index in [9.17, 15) is 5.11 Å². The van der Waals surface area contributed by atoms with Crippen molar-refractivity contribution in [2.75, 3.05) is 7.11 Å². The fourth-order valence-corrected chi connectivity index (χ4v) is 1.82. The van der Waals surface area contributed by atoms with Crippen molar-refractivity contribution in [2.24, 2.45) is 0 Å².